The zero-order chi connectivity index (χ0) is 26.5. The molecule has 1 unspecified atom stereocenters. The van der Waals surface area contributed by atoms with Gasteiger partial charge in [-0.05, 0) is 78.0 Å². The van der Waals surface area contributed by atoms with Crippen LogP contribution < -0.4 is 0 Å². The van der Waals surface area contributed by atoms with E-state index < -0.39 is 23.6 Å². The first-order valence-electron chi connectivity index (χ1n) is 12.9. The van der Waals surface area contributed by atoms with Crippen molar-refractivity contribution < 1.29 is 23.1 Å². The summed E-state index contributed by atoms with van der Waals surface area (Å²) in [5.41, 5.74) is 0.808. The van der Waals surface area contributed by atoms with Gasteiger partial charge in [-0.25, -0.2) is 0 Å². The molecular weight excluding hydrogens is 463 g/mol. The molecule has 0 aliphatic carbocycles. The lowest BCUT2D eigenvalue weighted by Gasteiger charge is -2.34. The van der Waals surface area contributed by atoms with E-state index in [1.165, 1.54) is 6.07 Å². The van der Waals surface area contributed by atoms with E-state index in [4.69, 9.17) is 0 Å². The fourth-order valence-electron chi connectivity index (χ4n) is 5.08. The minimum atomic E-state index is -4.64. The molecule has 0 radical (unpaired) electrons. The first-order valence-corrected chi connectivity index (χ1v) is 12.9. The number of carboxylic acids is 1. The van der Waals surface area contributed by atoms with E-state index in [9.17, 15) is 23.1 Å². The molecule has 36 heavy (non-hydrogen) atoms. The number of carboxylic acid groups (broad SMARTS) is 1. The van der Waals surface area contributed by atoms with Crippen LogP contribution in [0.25, 0.3) is 11.1 Å². The molecule has 1 heterocycles. The van der Waals surface area contributed by atoms with E-state index in [1.807, 2.05) is 44.2 Å². The fraction of sp³-hybridized carbons (Fsp3) is 0.500. The van der Waals surface area contributed by atoms with Gasteiger partial charge in [0, 0.05) is 13.1 Å². The standard InChI is InChI=1S/C30H38F3NO2/c1-20(2)9-8-14-34-15-12-23(13-16-34)25-18-24(22-10-6-5-7-11-22)19-26(28(25)30(31,32)33)27(29(35)36)17-21(3)4/h5-8,10-11,14,18-21,23,27H,9,12-13,15-17H2,1-4H3,(H,35,36). The van der Waals surface area contributed by atoms with Crippen molar-refractivity contribution in [2.45, 2.75) is 71.4 Å². The fourth-order valence-corrected chi connectivity index (χ4v) is 5.08. The van der Waals surface area contributed by atoms with Gasteiger partial charge in [0.05, 0.1) is 11.5 Å². The topological polar surface area (TPSA) is 40.5 Å². The normalized spacial score (nSPS) is 16.3. The average molecular weight is 502 g/mol. The first kappa shape index (κ1) is 27.8. The summed E-state index contributed by atoms with van der Waals surface area (Å²) in [5, 5.41) is 10.0. The van der Waals surface area contributed by atoms with Gasteiger partial charge in [0.1, 0.15) is 0 Å². The molecule has 0 saturated carbocycles. The highest BCUT2D eigenvalue weighted by atomic mass is 19.4. The van der Waals surface area contributed by atoms with Gasteiger partial charge < -0.3 is 10.0 Å². The maximum atomic E-state index is 14.7. The van der Waals surface area contributed by atoms with Crippen molar-refractivity contribution in [3.63, 3.8) is 0 Å². The van der Waals surface area contributed by atoms with Crippen LogP contribution in [-0.4, -0.2) is 29.1 Å². The summed E-state index contributed by atoms with van der Waals surface area (Å²) in [4.78, 5) is 14.4. The van der Waals surface area contributed by atoms with Crippen molar-refractivity contribution in [2.75, 3.05) is 13.1 Å². The van der Waals surface area contributed by atoms with Crippen LogP contribution in [0.5, 0.6) is 0 Å². The molecule has 0 spiro atoms. The van der Waals surface area contributed by atoms with Crippen LogP contribution in [0.15, 0.2) is 54.7 Å². The highest BCUT2D eigenvalue weighted by Gasteiger charge is 2.41. The summed E-state index contributed by atoms with van der Waals surface area (Å²) < 4.78 is 44.0. The Kier molecular flexibility index (Phi) is 9.26. The van der Waals surface area contributed by atoms with E-state index in [1.54, 1.807) is 6.07 Å². The number of halogens is 3. The van der Waals surface area contributed by atoms with Gasteiger partial charge in [0.2, 0.25) is 0 Å². The van der Waals surface area contributed by atoms with Crippen LogP contribution in [0.4, 0.5) is 13.2 Å². The molecule has 196 valence electrons. The Bertz CT molecular complexity index is 1040. The highest BCUT2D eigenvalue weighted by molar-refractivity contribution is 5.79. The second kappa shape index (κ2) is 12.0. The summed E-state index contributed by atoms with van der Waals surface area (Å²) in [7, 11) is 0. The van der Waals surface area contributed by atoms with E-state index in [-0.39, 0.29) is 29.4 Å². The molecule has 1 fully saturated rings. The average Bonchev–Trinajstić information content (AvgIpc) is 2.81. The largest absolute Gasteiger partial charge is 0.481 e. The molecule has 0 aromatic heterocycles. The van der Waals surface area contributed by atoms with Crippen LogP contribution in [0, 0.1) is 11.8 Å². The first-order chi connectivity index (χ1) is 17.0. The van der Waals surface area contributed by atoms with E-state index in [2.05, 4.69) is 31.0 Å². The van der Waals surface area contributed by atoms with Gasteiger partial charge in [0.15, 0.2) is 0 Å². The lowest BCUT2D eigenvalue weighted by atomic mass is 9.78. The summed E-state index contributed by atoms with van der Waals surface area (Å²) in [6, 6.07) is 12.4. The molecule has 6 heteroatoms. The zero-order valence-electron chi connectivity index (χ0n) is 21.7. The van der Waals surface area contributed by atoms with Crippen LogP contribution >= 0.6 is 0 Å². The third-order valence-electron chi connectivity index (χ3n) is 6.86. The van der Waals surface area contributed by atoms with E-state index >= 15 is 0 Å². The third kappa shape index (κ3) is 7.14. The molecule has 1 N–H and O–H groups in total. The second-order valence-corrected chi connectivity index (χ2v) is 10.7. The lowest BCUT2D eigenvalue weighted by Crippen LogP contribution is -2.30. The lowest BCUT2D eigenvalue weighted by molar-refractivity contribution is -0.142. The predicted molar refractivity (Wildman–Crippen MR) is 139 cm³/mol. The van der Waals surface area contributed by atoms with Gasteiger partial charge >= 0.3 is 12.1 Å². The molecule has 0 bridgehead atoms. The number of aliphatic carboxylic acids is 1. The predicted octanol–water partition coefficient (Wildman–Crippen LogP) is 8.33. The molecule has 1 aliphatic heterocycles. The van der Waals surface area contributed by atoms with Crippen molar-refractivity contribution in [3.8, 4) is 11.1 Å². The number of hydrogen-bond acceptors (Lipinski definition) is 2. The molecule has 3 rings (SSSR count). The molecule has 1 atom stereocenters. The quantitative estimate of drug-likeness (QED) is 0.375. The van der Waals surface area contributed by atoms with Crippen LogP contribution in [0.3, 0.4) is 0 Å². The molecule has 3 nitrogen and oxygen atoms in total. The second-order valence-electron chi connectivity index (χ2n) is 10.7. The van der Waals surface area contributed by atoms with Crippen molar-refractivity contribution in [1.29, 1.82) is 0 Å². The van der Waals surface area contributed by atoms with Crippen LogP contribution in [-0.2, 0) is 11.0 Å². The molecular formula is C30H38F3NO2. The van der Waals surface area contributed by atoms with Gasteiger partial charge in [-0.15, -0.1) is 0 Å². The molecule has 1 aliphatic rings. The SMILES string of the molecule is CC(C)CC=CN1CCC(c2cc(-c3ccccc3)cc(C(CC(C)C)C(=O)O)c2C(F)(F)F)CC1. The maximum absolute atomic E-state index is 14.7. The molecule has 1 saturated heterocycles. The number of likely N-dealkylation sites (tertiary alicyclic amines) is 1. The van der Waals surface area contributed by atoms with E-state index in [0.717, 1.165) is 12.0 Å². The van der Waals surface area contributed by atoms with Gasteiger partial charge in [-0.3, -0.25) is 4.79 Å². The minimum absolute atomic E-state index is 0.0584. The zero-order valence-corrected chi connectivity index (χ0v) is 21.7. The van der Waals surface area contributed by atoms with Crippen molar-refractivity contribution >= 4 is 5.97 Å². The number of hydrogen-bond donors (Lipinski definition) is 1. The Hall–Kier alpha value is -2.76. The third-order valence-corrected chi connectivity index (χ3v) is 6.86. The van der Waals surface area contributed by atoms with Gasteiger partial charge in [-0.2, -0.15) is 13.2 Å². The maximum Gasteiger partial charge on any atom is 0.416 e. The van der Waals surface area contributed by atoms with Gasteiger partial charge in [0.25, 0.3) is 0 Å². The number of alkyl halides is 3. The number of rotatable bonds is 9. The van der Waals surface area contributed by atoms with Crippen molar-refractivity contribution in [3.05, 3.63) is 71.4 Å². The molecule has 0 amide bonds. The Morgan fingerprint density at radius 3 is 2.19 bits per heavy atom. The summed E-state index contributed by atoms with van der Waals surface area (Å²) in [5.74, 6) is -2.22. The summed E-state index contributed by atoms with van der Waals surface area (Å²) >= 11 is 0. The van der Waals surface area contributed by atoms with Crippen molar-refractivity contribution in [2.24, 2.45) is 11.8 Å². The van der Waals surface area contributed by atoms with Gasteiger partial charge in [-0.1, -0.05) is 70.2 Å². The Morgan fingerprint density at radius 2 is 1.67 bits per heavy atom. The van der Waals surface area contributed by atoms with Crippen molar-refractivity contribution in [1.82, 2.24) is 4.90 Å². The van der Waals surface area contributed by atoms with Crippen LogP contribution in [0.2, 0.25) is 0 Å². The molecule has 2 aromatic rings. The molecule has 2 aromatic carbocycles. The number of allylic oxidation sites excluding steroid dienone is 1. The Morgan fingerprint density at radius 1 is 1.03 bits per heavy atom. The Labute approximate surface area is 213 Å². The minimum Gasteiger partial charge on any atom is -0.481 e. The number of benzene rings is 2. The van der Waals surface area contributed by atoms with E-state index in [0.29, 0.717) is 37.4 Å². The van der Waals surface area contributed by atoms with Crippen LogP contribution in [0.1, 0.15) is 81.9 Å². The number of nitrogens with zero attached hydrogens (tertiary/aromatic N) is 1. The number of carbonyl (C=O) groups is 1. The highest BCUT2D eigenvalue weighted by Crippen LogP contribution is 2.46. The summed E-state index contributed by atoms with van der Waals surface area (Å²) in [6.07, 6.45) is 1.85. The number of piperidine rings is 1. The Balaban J connectivity index is 2.10. The monoisotopic (exact) mass is 501 g/mol. The summed E-state index contributed by atoms with van der Waals surface area (Å²) in [6.45, 7) is 9.33. The smallest absolute Gasteiger partial charge is 0.416 e.